The Labute approximate surface area is 190 Å². The van der Waals surface area contributed by atoms with Crippen LogP contribution >= 0.6 is 0 Å². The number of fused-ring (bicyclic) bond motifs is 1. The summed E-state index contributed by atoms with van der Waals surface area (Å²) in [6.45, 7) is 3.37. The van der Waals surface area contributed by atoms with E-state index in [0.29, 0.717) is 19.2 Å². The normalized spacial score (nSPS) is 18.3. The molecule has 0 saturated carbocycles. The molecule has 33 heavy (non-hydrogen) atoms. The highest BCUT2D eigenvalue weighted by Gasteiger charge is 2.34. The van der Waals surface area contributed by atoms with E-state index in [9.17, 15) is 26.4 Å². The highest BCUT2D eigenvalue weighted by molar-refractivity contribution is 7.90. The summed E-state index contributed by atoms with van der Waals surface area (Å²) >= 11 is 0. The first-order chi connectivity index (χ1) is 15.6. The lowest BCUT2D eigenvalue weighted by atomic mass is 10.1. The summed E-state index contributed by atoms with van der Waals surface area (Å²) in [6, 6.07) is 12.4. The molecule has 1 amide bonds. The van der Waals surface area contributed by atoms with Crippen molar-refractivity contribution in [3.05, 3.63) is 59.7 Å². The van der Waals surface area contributed by atoms with Crippen molar-refractivity contribution in [3.8, 4) is 0 Å². The number of benzene rings is 2. The van der Waals surface area contributed by atoms with Gasteiger partial charge < -0.3 is 10.2 Å². The maximum Gasteiger partial charge on any atom is 0.416 e. The molecule has 176 valence electrons. The number of amides is 1. The number of alkyl halides is 3. The van der Waals surface area contributed by atoms with Gasteiger partial charge in [-0.25, -0.2) is 0 Å². The molecule has 1 fully saturated rings. The summed E-state index contributed by atoms with van der Waals surface area (Å²) in [4.78, 5) is 16.3. The predicted octanol–water partition coefficient (Wildman–Crippen LogP) is 3.34. The smallest absolute Gasteiger partial charge is 0.342 e. The summed E-state index contributed by atoms with van der Waals surface area (Å²) in [7, 11) is -4.14. The second-order valence-corrected chi connectivity index (χ2v) is 9.56. The van der Waals surface area contributed by atoms with Crippen LogP contribution in [-0.2, 0) is 27.5 Å². The molecule has 0 bridgehead atoms. The molecule has 0 aliphatic carbocycles. The average Bonchev–Trinajstić information content (AvgIpc) is 2.77. The third kappa shape index (κ3) is 5.53. The number of rotatable bonds is 5. The number of carbonyl (C=O) groups excluding carboxylic acids is 1. The molecule has 4 rings (SSSR count). The molecule has 0 unspecified atom stereocenters. The van der Waals surface area contributed by atoms with Gasteiger partial charge in [-0.1, -0.05) is 30.3 Å². The van der Waals surface area contributed by atoms with Crippen molar-refractivity contribution in [3.63, 3.8) is 0 Å². The van der Waals surface area contributed by atoms with E-state index in [0.717, 1.165) is 31.8 Å². The third-order valence-corrected chi connectivity index (χ3v) is 7.02. The minimum atomic E-state index is -4.60. The van der Waals surface area contributed by atoms with Crippen molar-refractivity contribution in [2.24, 2.45) is 4.40 Å². The summed E-state index contributed by atoms with van der Waals surface area (Å²) in [5.41, 5.74) is 0.0558. The van der Waals surface area contributed by atoms with E-state index in [2.05, 4.69) is 26.7 Å². The van der Waals surface area contributed by atoms with Crippen LogP contribution in [-0.4, -0.2) is 56.1 Å². The monoisotopic (exact) mass is 480 g/mol. The number of amidine groups is 1. The molecular formula is C22H23F3N4O3S. The van der Waals surface area contributed by atoms with E-state index >= 15 is 0 Å². The van der Waals surface area contributed by atoms with E-state index in [4.69, 9.17) is 0 Å². The Morgan fingerprint density at radius 2 is 1.73 bits per heavy atom. The van der Waals surface area contributed by atoms with Gasteiger partial charge in [0.15, 0.2) is 0 Å². The molecule has 2 aliphatic heterocycles. The molecule has 11 heteroatoms. The Hall–Kier alpha value is -2.92. The molecule has 7 nitrogen and oxygen atoms in total. The van der Waals surface area contributed by atoms with Crippen LogP contribution in [0, 0.1) is 0 Å². The lowest BCUT2D eigenvalue weighted by molar-refractivity contribution is -0.137. The molecule has 0 atom stereocenters. The van der Waals surface area contributed by atoms with Crippen LogP contribution in [0.15, 0.2) is 57.8 Å². The fourth-order valence-corrected chi connectivity index (χ4v) is 5.04. The molecule has 2 heterocycles. The number of halogens is 3. The number of nitrogens with one attached hydrogen (secondary N) is 1. The second kappa shape index (κ2) is 9.14. The standard InChI is InChI=1S/C22H23F3N4O3S/c23-22(24,25)17-6-7-19-18(14-17)26-20(27-33(19,31)32)8-9-21(30)29-12-10-28(11-13-29)15-16-4-2-1-3-5-16/h1-7,14H,8-13,15H2,(H,26,27). The zero-order valence-electron chi connectivity index (χ0n) is 17.7. The number of nitrogens with zero attached hydrogens (tertiary/aromatic N) is 3. The summed E-state index contributed by atoms with van der Waals surface area (Å²) in [6.07, 6.45) is -4.61. The van der Waals surface area contributed by atoms with Crippen LogP contribution in [0.4, 0.5) is 18.9 Å². The van der Waals surface area contributed by atoms with Crippen LogP contribution in [0.1, 0.15) is 24.0 Å². The molecule has 2 aromatic carbocycles. The lowest BCUT2D eigenvalue weighted by Crippen LogP contribution is -2.48. The van der Waals surface area contributed by atoms with Crippen molar-refractivity contribution in [1.82, 2.24) is 9.80 Å². The van der Waals surface area contributed by atoms with Crippen molar-refractivity contribution >= 4 is 27.5 Å². The first-order valence-electron chi connectivity index (χ1n) is 10.5. The number of hydrogen-bond donors (Lipinski definition) is 1. The Kier molecular flexibility index (Phi) is 6.44. The molecule has 1 N–H and O–H groups in total. The summed E-state index contributed by atoms with van der Waals surface area (Å²) < 4.78 is 67.4. The van der Waals surface area contributed by atoms with Crippen molar-refractivity contribution in [1.29, 1.82) is 0 Å². The van der Waals surface area contributed by atoms with Gasteiger partial charge in [0.1, 0.15) is 10.7 Å². The van der Waals surface area contributed by atoms with Crippen LogP contribution in [0.25, 0.3) is 0 Å². The van der Waals surface area contributed by atoms with E-state index in [-0.39, 0.29) is 35.2 Å². The zero-order chi connectivity index (χ0) is 23.6. The Morgan fingerprint density at radius 3 is 2.39 bits per heavy atom. The van der Waals surface area contributed by atoms with Crippen LogP contribution < -0.4 is 5.32 Å². The van der Waals surface area contributed by atoms with E-state index < -0.39 is 21.8 Å². The van der Waals surface area contributed by atoms with Gasteiger partial charge in [-0.3, -0.25) is 9.69 Å². The molecule has 0 radical (unpaired) electrons. The van der Waals surface area contributed by atoms with Crippen molar-refractivity contribution in [2.75, 3.05) is 31.5 Å². The molecule has 0 aromatic heterocycles. The summed E-state index contributed by atoms with van der Waals surface area (Å²) in [5, 5.41) is 2.65. The Bertz CT molecular complexity index is 1160. The van der Waals surface area contributed by atoms with Gasteiger partial charge in [0.25, 0.3) is 10.0 Å². The molecule has 1 saturated heterocycles. The van der Waals surface area contributed by atoms with E-state index in [1.54, 1.807) is 4.90 Å². The van der Waals surface area contributed by atoms with Gasteiger partial charge in [0, 0.05) is 45.6 Å². The first kappa shape index (κ1) is 23.2. The van der Waals surface area contributed by atoms with Gasteiger partial charge in [-0.05, 0) is 23.8 Å². The maximum atomic E-state index is 13.0. The third-order valence-electron chi connectivity index (χ3n) is 5.64. The van der Waals surface area contributed by atoms with Gasteiger partial charge in [0.05, 0.1) is 11.3 Å². The van der Waals surface area contributed by atoms with Gasteiger partial charge >= 0.3 is 6.18 Å². The zero-order valence-corrected chi connectivity index (χ0v) is 18.5. The quantitative estimate of drug-likeness (QED) is 0.710. The SMILES string of the molecule is O=C(CCC1=NS(=O)(=O)c2ccc(C(F)(F)F)cc2N1)N1CCN(Cc2ccccc2)CC1. The van der Waals surface area contributed by atoms with Crippen LogP contribution in [0.5, 0.6) is 0 Å². The number of carbonyl (C=O) groups is 1. The van der Waals surface area contributed by atoms with Gasteiger partial charge in [-0.15, -0.1) is 4.40 Å². The number of hydrogen-bond acceptors (Lipinski definition) is 5. The van der Waals surface area contributed by atoms with Crippen molar-refractivity contribution in [2.45, 2.75) is 30.5 Å². The van der Waals surface area contributed by atoms with Gasteiger partial charge in [-0.2, -0.15) is 21.6 Å². The second-order valence-electron chi connectivity index (χ2n) is 7.99. The average molecular weight is 481 g/mol. The highest BCUT2D eigenvalue weighted by atomic mass is 32.2. The van der Waals surface area contributed by atoms with Crippen LogP contribution in [0.3, 0.4) is 0 Å². The minimum absolute atomic E-state index is 0.00827. The highest BCUT2D eigenvalue weighted by Crippen LogP contribution is 2.35. The molecule has 0 spiro atoms. The van der Waals surface area contributed by atoms with E-state index in [1.165, 1.54) is 5.56 Å². The lowest BCUT2D eigenvalue weighted by Gasteiger charge is -2.35. The molecule has 2 aliphatic rings. The minimum Gasteiger partial charge on any atom is -0.342 e. The topological polar surface area (TPSA) is 82.1 Å². The summed E-state index contributed by atoms with van der Waals surface area (Å²) in [5.74, 6) is -0.191. The maximum absolute atomic E-state index is 13.0. The number of piperazine rings is 1. The van der Waals surface area contributed by atoms with Crippen LogP contribution in [0.2, 0.25) is 0 Å². The fourth-order valence-electron chi connectivity index (χ4n) is 3.89. The Balaban J connectivity index is 1.33. The van der Waals surface area contributed by atoms with Gasteiger partial charge in [0.2, 0.25) is 5.91 Å². The number of sulfonamides is 1. The largest absolute Gasteiger partial charge is 0.416 e. The molecule has 2 aromatic rings. The Morgan fingerprint density at radius 1 is 1.03 bits per heavy atom. The first-order valence-corrected chi connectivity index (χ1v) is 11.9. The fraction of sp³-hybridized carbons (Fsp3) is 0.364. The molecular weight excluding hydrogens is 457 g/mol. The van der Waals surface area contributed by atoms with Crippen molar-refractivity contribution < 1.29 is 26.4 Å². The predicted molar refractivity (Wildman–Crippen MR) is 117 cm³/mol. The number of anilines is 1. The van der Waals surface area contributed by atoms with E-state index in [1.807, 2.05) is 18.2 Å².